The molecule has 5 heteroatoms. The number of unbranched alkanes of at least 4 members (excludes halogenated alkanes) is 1. The van der Waals surface area contributed by atoms with Gasteiger partial charge in [0.15, 0.2) is 5.11 Å². The Balaban J connectivity index is 1.87. The van der Waals surface area contributed by atoms with Crippen LogP contribution in [0.1, 0.15) is 19.8 Å². The lowest BCUT2D eigenvalue weighted by molar-refractivity contribution is 0.373. The van der Waals surface area contributed by atoms with Gasteiger partial charge in [0.05, 0.1) is 12.8 Å². The second-order valence-electron chi connectivity index (χ2n) is 5.23. The van der Waals surface area contributed by atoms with Crippen molar-refractivity contribution >= 4 is 23.0 Å². The lowest BCUT2D eigenvalue weighted by Gasteiger charge is -2.37. The van der Waals surface area contributed by atoms with E-state index in [4.69, 9.17) is 17.0 Å². The van der Waals surface area contributed by atoms with Crippen LogP contribution in [-0.2, 0) is 0 Å². The van der Waals surface area contributed by atoms with E-state index in [9.17, 15) is 0 Å². The highest BCUT2D eigenvalue weighted by Gasteiger charge is 2.20. The van der Waals surface area contributed by atoms with Crippen LogP contribution in [0.15, 0.2) is 24.3 Å². The summed E-state index contributed by atoms with van der Waals surface area (Å²) in [7, 11) is 1.72. The zero-order valence-electron chi connectivity index (χ0n) is 13.0. The van der Waals surface area contributed by atoms with E-state index in [0.29, 0.717) is 0 Å². The Labute approximate surface area is 133 Å². The number of nitrogens with zero attached hydrogens (tertiary/aromatic N) is 2. The van der Waals surface area contributed by atoms with Gasteiger partial charge in [0.25, 0.3) is 0 Å². The number of nitrogens with one attached hydrogen (secondary N) is 1. The van der Waals surface area contributed by atoms with Gasteiger partial charge >= 0.3 is 0 Å². The minimum atomic E-state index is 0.892. The summed E-state index contributed by atoms with van der Waals surface area (Å²) in [6, 6.07) is 8.19. The van der Waals surface area contributed by atoms with Crippen LogP contribution < -0.4 is 15.0 Å². The lowest BCUT2D eigenvalue weighted by atomic mass is 10.2. The van der Waals surface area contributed by atoms with Crippen molar-refractivity contribution in [3.63, 3.8) is 0 Å². The number of ether oxygens (including phenoxy) is 1. The molecule has 1 saturated heterocycles. The van der Waals surface area contributed by atoms with E-state index >= 15 is 0 Å². The maximum absolute atomic E-state index is 5.46. The van der Waals surface area contributed by atoms with Crippen molar-refractivity contribution in [2.24, 2.45) is 0 Å². The third-order valence-electron chi connectivity index (χ3n) is 3.80. The van der Waals surface area contributed by atoms with Gasteiger partial charge in [-0.15, -0.1) is 0 Å². The van der Waals surface area contributed by atoms with Gasteiger partial charge < -0.3 is 19.9 Å². The molecule has 0 spiro atoms. The number of anilines is 1. The Bertz CT molecular complexity index is 459. The lowest BCUT2D eigenvalue weighted by Crippen LogP contribution is -2.51. The minimum absolute atomic E-state index is 0.892. The summed E-state index contributed by atoms with van der Waals surface area (Å²) < 4.78 is 5.44. The molecule has 0 unspecified atom stereocenters. The van der Waals surface area contributed by atoms with Crippen molar-refractivity contribution in [3.05, 3.63) is 24.3 Å². The zero-order valence-corrected chi connectivity index (χ0v) is 13.8. The number of piperazine rings is 1. The molecule has 0 atom stereocenters. The highest BCUT2D eigenvalue weighted by atomic mass is 32.1. The highest BCUT2D eigenvalue weighted by Crippen LogP contribution is 2.28. The summed E-state index contributed by atoms with van der Waals surface area (Å²) >= 11 is 5.46. The summed E-state index contributed by atoms with van der Waals surface area (Å²) in [6.07, 6.45) is 2.36. The minimum Gasteiger partial charge on any atom is -0.495 e. The molecule has 21 heavy (non-hydrogen) atoms. The van der Waals surface area contributed by atoms with Crippen molar-refractivity contribution in [2.75, 3.05) is 44.7 Å². The van der Waals surface area contributed by atoms with Gasteiger partial charge in [0, 0.05) is 32.7 Å². The average Bonchev–Trinajstić information content (AvgIpc) is 2.55. The van der Waals surface area contributed by atoms with Crippen LogP contribution in [0.25, 0.3) is 0 Å². The average molecular weight is 307 g/mol. The summed E-state index contributed by atoms with van der Waals surface area (Å²) in [5, 5.41) is 4.24. The van der Waals surface area contributed by atoms with E-state index in [1.165, 1.54) is 18.5 Å². The molecule has 116 valence electrons. The van der Waals surface area contributed by atoms with Crippen molar-refractivity contribution in [3.8, 4) is 5.75 Å². The van der Waals surface area contributed by atoms with Crippen LogP contribution in [0.5, 0.6) is 5.75 Å². The maximum atomic E-state index is 5.46. The topological polar surface area (TPSA) is 27.7 Å². The van der Waals surface area contributed by atoms with Crippen molar-refractivity contribution < 1.29 is 4.74 Å². The molecule has 1 aliphatic heterocycles. The van der Waals surface area contributed by atoms with Gasteiger partial charge in [-0.3, -0.25) is 0 Å². The van der Waals surface area contributed by atoms with Crippen LogP contribution in [0.3, 0.4) is 0 Å². The molecular formula is C16H25N3OS. The summed E-state index contributed by atoms with van der Waals surface area (Å²) in [5.74, 6) is 0.939. The quantitative estimate of drug-likeness (QED) is 0.666. The summed E-state index contributed by atoms with van der Waals surface area (Å²) in [5.41, 5.74) is 1.17. The number of methoxy groups -OCH3 is 1. The van der Waals surface area contributed by atoms with Crippen molar-refractivity contribution in [2.45, 2.75) is 19.8 Å². The smallest absolute Gasteiger partial charge is 0.169 e. The molecule has 1 aromatic carbocycles. The first kappa shape index (κ1) is 15.9. The molecular weight excluding hydrogens is 282 g/mol. The van der Waals surface area contributed by atoms with Gasteiger partial charge in [-0.25, -0.2) is 0 Å². The molecule has 0 radical (unpaired) electrons. The normalized spacial score (nSPS) is 15.0. The van der Waals surface area contributed by atoms with Gasteiger partial charge in [0.2, 0.25) is 0 Å². The second-order valence-corrected chi connectivity index (χ2v) is 5.62. The predicted octanol–water partition coefficient (Wildman–Crippen LogP) is 2.49. The van der Waals surface area contributed by atoms with E-state index in [0.717, 1.165) is 43.6 Å². The molecule has 0 aromatic heterocycles. The molecule has 0 saturated carbocycles. The van der Waals surface area contributed by atoms with E-state index in [-0.39, 0.29) is 0 Å². The van der Waals surface area contributed by atoms with E-state index in [1.807, 2.05) is 12.1 Å². The fraction of sp³-hybridized carbons (Fsp3) is 0.562. The molecule has 1 aliphatic rings. The zero-order chi connectivity index (χ0) is 15.1. The van der Waals surface area contributed by atoms with Crippen molar-refractivity contribution in [1.29, 1.82) is 0 Å². The monoisotopic (exact) mass is 307 g/mol. The fourth-order valence-corrected chi connectivity index (χ4v) is 2.81. The SMILES string of the molecule is CCCCNC(=S)N1CCN(c2ccccc2OC)CC1. The van der Waals surface area contributed by atoms with Gasteiger partial charge in [-0.2, -0.15) is 0 Å². The Morgan fingerprint density at radius 3 is 2.62 bits per heavy atom. The van der Waals surface area contributed by atoms with E-state index in [1.54, 1.807) is 7.11 Å². The number of benzene rings is 1. The van der Waals surface area contributed by atoms with Crippen LogP contribution in [0.4, 0.5) is 5.69 Å². The Hall–Kier alpha value is -1.49. The fourth-order valence-electron chi connectivity index (χ4n) is 2.53. The predicted molar refractivity (Wildman–Crippen MR) is 92.3 cm³/mol. The van der Waals surface area contributed by atoms with Crippen LogP contribution >= 0.6 is 12.2 Å². The molecule has 1 heterocycles. The first-order valence-corrected chi connectivity index (χ1v) is 8.07. The molecule has 0 bridgehead atoms. The summed E-state index contributed by atoms with van der Waals surface area (Å²) in [6.45, 7) is 7.01. The Kier molecular flexibility index (Phi) is 6.11. The molecule has 1 fully saturated rings. The standard InChI is InChI=1S/C16H25N3OS/c1-3-4-9-17-16(21)19-12-10-18(11-13-19)14-7-5-6-8-15(14)20-2/h5-8H,3-4,9-13H2,1-2H3,(H,17,21). The van der Waals surface area contributed by atoms with Crippen LogP contribution in [0.2, 0.25) is 0 Å². The Morgan fingerprint density at radius 2 is 1.95 bits per heavy atom. The van der Waals surface area contributed by atoms with Crippen molar-refractivity contribution in [1.82, 2.24) is 10.2 Å². The first-order valence-electron chi connectivity index (χ1n) is 7.67. The molecule has 2 rings (SSSR count). The number of hydrogen-bond acceptors (Lipinski definition) is 3. The maximum Gasteiger partial charge on any atom is 0.169 e. The molecule has 1 aromatic rings. The second kappa shape index (κ2) is 8.08. The molecule has 4 nitrogen and oxygen atoms in total. The molecule has 0 amide bonds. The molecule has 0 aliphatic carbocycles. The van der Waals surface area contributed by atoms with Gasteiger partial charge in [0.1, 0.15) is 5.75 Å². The van der Waals surface area contributed by atoms with Gasteiger partial charge in [-0.05, 0) is 30.8 Å². The summed E-state index contributed by atoms with van der Waals surface area (Å²) in [4.78, 5) is 4.63. The molecule has 1 N–H and O–H groups in total. The van der Waals surface area contributed by atoms with Crippen LogP contribution in [-0.4, -0.2) is 49.8 Å². The number of rotatable bonds is 5. The Morgan fingerprint density at radius 1 is 1.24 bits per heavy atom. The third-order valence-corrected chi connectivity index (χ3v) is 4.20. The van der Waals surface area contributed by atoms with E-state index < -0.39 is 0 Å². The third kappa shape index (κ3) is 4.24. The number of hydrogen-bond donors (Lipinski definition) is 1. The van der Waals surface area contributed by atoms with E-state index in [2.05, 4.69) is 34.2 Å². The number of thiocarbonyl (C=S) groups is 1. The highest BCUT2D eigenvalue weighted by molar-refractivity contribution is 7.80. The number of para-hydroxylation sites is 2. The first-order chi connectivity index (χ1) is 10.3. The van der Waals surface area contributed by atoms with Crippen LogP contribution in [0, 0.1) is 0 Å². The van der Waals surface area contributed by atoms with Gasteiger partial charge in [-0.1, -0.05) is 25.5 Å². The largest absolute Gasteiger partial charge is 0.495 e.